The van der Waals surface area contributed by atoms with Gasteiger partial charge in [0.15, 0.2) is 0 Å². The zero-order valence-electron chi connectivity index (χ0n) is 14.2. The molecule has 0 aliphatic carbocycles. The molecule has 0 unspecified atom stereocenters. The van der Waals surface area contributed by atoms with E-state index in [4.69, 9.17) is 0 Å². The summed E-state index contributed by atoms with van der Waals surface area (Å²) in [4.78, 5) is 36.5. The highest BCUT2D eigenvalue weighted by Crippen LogP contribution is 2.26. The van der Waals surface area contributed by atoms with Crippen LogP contribution in [0.4, 0.5) is 0 Å². The summed E-state index contributed by atoms with van der Waals surface area (Å²) in [7, 11) is 0. The number of piperidine rings is 1. The first-order chi connectivity index (χ1) is 11.7. The van der Waals surface area contributed by atoms with Crippen molar-refractivity contribution in [2.24, 2.45) is 0 Å². The first-order valence-electron chi connectivity index (χ1n) is 9.05. The number of carbonyl (C=O) groups is 2. The molecule has 6 heteroatoms. The fourth-order valence-corrected chi connectivity index (χ4v) is 3.63. The molecule has 0 saturated carbocycles. The van der Waals surface area contributed by atoms with Crippen LogP contribution in [0.3, 0.4) is 0 Å². The molecule has 24 heavy (non-hydrogen) atoms. The Hall–Kier alpha value is -1.98. The average molecular weight is 330 g/mol. The normalized spacial score (nSPS) is 20.1. The molecular formula is C18H26N4O2. The van der Waals surface area contributed by atoms with Crippen LogP contribution in [0.25, 0.3) is 0 Å². The summed E-state index contributed by atoms with van der Waals surface area (Å²) in [6, 6.07) is 1.97. The number of hydrogen-bond donors (Lipinski definition) is 0. The zero-order chi connectivity index (χ0) is 16.8. The van der Waals surface area contributed by atoms with E-state index in [2.05, 4.69) is 9.97 Å². The van der Waals surface area contributed by atoms with E-state index in [1.165, 1.54) is 0 Å². The lowest BCUT2D eigenvalue weighted by molar-refractivity contribution is -0.134. The van der Waals surface area contributed by atoms with Crippen molar-refractivity contribution in [3.63, 3.8) is 0 Å². The van der Waals surface area contributed by atoms with Gasteiger partial charge in [-0.15, -0.1) is 0 Å². The van der Waals surface area contributed by atoms with E-state index in [1.54, 1.807) is 12.5 Å². The van der Waals surface area contributed by atoms with E-state index in [1.807, 2.05) is 15.9 Å². The van der Waals surface area contributed by atoms with Crippen LogP contribution in [0, 0.1) is 0 Å². The van der Waals surface area contributed by atoms with Gasteiger partial charge in [-0.05, 0) is 31.7 Å². The van der Waals surface area contributed by atoms with Crippen LogP contribution in [0.1, 0.15) is 56.6 Å². The van der Waals surface area contributed by atoms with Gasteiger partial charge in [-0.2, -0.15) is 0 Å². The summed E-state index contributed by atoms with van der Waals surface area (Å²) in [5.74, 6) is 0.806. The number of carbonyl (C=O) groups excluding carboxylic acids is 2. The Morgan fingerprint density at radius 1 is 1.17 bits per heavy atom. The minimum atomic E-state index is 0.174. The van der Waals surface area contributed by atoms with Gasteiger partial charge in [0.25, 0.3) is 0 Å². The van der Waals surface area contributed by atoms with Crippen molar-refractivity contribution in [3.8, 4) is 0 Å². The molecule has 1 aromatic heterocycles. The lowest BCUT2D eigenvalue weighted by Crippen LogP contribution is -2.40. The van der Waals surface area contributed by atoms with E-state index in [-0.39, 0.29) is 11.8 Å². The number of aromatic nitrogens is 2. The Kier molecular flexibility index (Phi) is 5.77. The van der Waals surface area contributed by atoms with Gasteiger partial charge >= 0.3 is 0 Å². The third-order valence-electron chi connectivity index (χ3n) is 5.14. The smallest absolute Gasteiger partial charge is 0.224 e. The molecule has 0 aromatic carbocycles. The molecule has 2 saturated heterocycles. The van der Waals surface area contributed by atoms with Crippen molar-refractivity contribution < 1.29 is 9.59 Å². The van der Waals surface area contributed by atoms with Crippen LogP contribution in [-0.4, -0.2) is 57.8 Å². The molecule has 3 heterocycles. The first kappa shape index (κ1) is 16.9. The largest absolute Gasteiger partial charge is 0.343 e. The lowest BCUT2D eigenvalue weighted by Gasteiger charge is -2.32. The maximum atomic E-state index is 12.4. The Morgan fingerprint density at radius 3 is 2.75 bits per heavy atom. The number of likely N-dealkylation sites (tertiary alicyclic amines) is 2. The fraction of sp³-hybridized carbons (Fsp3) is 0.667. The van der Waals surface area contributed by atoms with E-state index in [9.17, 15) is 9.59 Å². The average Bonchev–Trinajstić information content (AvgIpc) is 2.85. The molecule has 2 fully saturated rings. The predicted molar refractivity (Wildman–Crippen MR) is 90.3 cm³/mol. The molecule has 0 N–H and O–H groups in total. The van der Waals surface area contributed by atoms with Crippen molar-refractivity contribution in [1.82, 2.24) is 19.8 Å². The van der Waals surface area contributed by atoms with Crippen LogP contribution in [0.2, 0.25) is 0 Å². The first-order valence-corrected chi connectivity index (χ1v) is 9.05. The van der Waals surface area contributed by atoms with E-state index >= 15 is 0 Å². The monoisotopic (exact) mass is 330 g/mol. The second-order valence-electron chi connectivity index (χ2n) is 6.73. The van der Waals surface area contributed by atoms with Crippen molar-refractivity contribution in [1.29, 1.82) is 0 Å². The molecule has 0 atom stereocenters. The second kappa shape index (κ2) is 8.22. The summed E-state index contributed by atoms with van der Waals surface area (Å²) in [6.07, 6.45) is 9.51. The van der Waals surface area contributed by atoms with Crippen molar-refractivity contribution in [2.75, 3.05) is 26.2 Å². The molecule has 2 aliphatic rings. The van der Waals surface area contributed by atoms with Crippen LogP contribution in [0.15, 0.2) is 18.6 Å². The highest BCUT2D eigenvalue weighted by Gasteiger charge is 2.25. The second-order valence-corrected chi connectivity index (χ2v) is 6.73. The topological polar surface area (TPSA) is 66.4 Å². The Balaban J connectivity index is 1.44. The molecule has 0 radical (unpaired) electrons. The van der Waals surface area contributed by atoms with Gasteiger partial charge in [-0.1, -0.05) is 6.42 Å². The summed E-state index contributed by atoms with van der Waals surface area (Å²) in [5, 5.41) is 0. The van der Waals surface area contributed by atoms with Crippen LogP contribution >= 0.6 is 0 Å². The van der Waals surface area contributed by atoms with Gasteiger partial charge < -0.3 is 9.80 Å². The number of rotatable bonds is 4. The van der Waals surface area contributed by atoms with Gasteiger partial charge in [0.05, 0.1) is 0 Å². The Morgan fingerprint density at radius 2 is 2.00 bits per heavy atom. The Labute approximate surface area is 143 Å². The lowest BCUT2D eigenvalue weighted by atomic mass is 9.93. The molecule has 130 valence electrons. The third kappa shape index (κ3) is 4.30. The Bertz CT molecular complexity index is 555. The maximum Gasteiger partial charge on any atom is 0.224 e. The predicted octanol–water partition coefficient (Wildman–Crippen LogP) is 1.98. The van der Waals surface area contributed by atoms with E-state index < -0.39 is 0 Å². The quantitative estimate of drug-likeness (QED) is 0.846. The van der Waals surface area contributed by atoms with Gasteiger partial charge in [0.1, 0.15) is 6.33 Å². The third-order valence-corrected chi connectivity index (χ3v) is 5.14. The number of amides is 2. The molecule has 3 rings (SSSR count). The number of nitrogens with zero attached hydrogens (tertiary/aromatic N) is 4. The molecule has 1 aromatic rings. The summed E-state index contributed by atoms with van der Waals surface area (Å²) >= 11 is 0. The van der Waals surface area contributed by atoms with Crippen molar-refractivity contribution in [2.45, 2.75) is 50.9 Å². The fourth-order valence-electron chi connectivity index (χ4n) is 3.63. The van der Waals surface area contributed by atoms with Crippen LogP contribution < -0.4 is 0 Å². The molecule has 6 nitrogen and oxygen atoms in total. The van der Waals surface area contributed by atoms with Gasteiger partial charge in [-0.25, -0.2) is 9.97 Å². The molecule has 0 spiro atoms. The van der Waals surface area contributed by atoms with Gasteiger partial charge in [0.2, 0.25) is 11.8 Å². The van der Waals surface area contributed by atoms with Crippen LogP contribution in [-0.2, 0) is 9.59 Å². The van der Waals surface area contributed by atoms with Crippen molar-refractivity contribution >= 4 is 11.8 Å². The maximum absolute atomic E-state index is 12.4. The van der Waals surface area contributed by atoms with Crippen LogP contribution in [0.5, 0.6) is 0 Å². The van der Waals surface area contributed by atoms with E-state index in [0.717, 1.165) is 57.4 Å². The van der Waals surface area contributed by atoms with Crippen molar-refractivity contribution in [3.05, 3.63) is 24.3 Å². The zero-order valence-corrected chi connectivity index (χ0v) is 14.2. The highest BCUT2D eigenvalue weighted by molar-refractivity contribution is 5.79. The summed E-state index contributed by atoms with van der Waals surface area (Å²) < 4.78 is 0. The SMILES string of the molecule is O=C1CCCCCN1CCC(=O)N1CCC(c2ccncn2)CC1. The van der Waals surface area contributed by atoms with Gasteiger partial charge in [0, 0.05) is 56.8 Å². The molecular weight excluding hydrogens is 304 g/mol. The minimum absolute atomic E-state index is 0.174. The molecule has 2 amide bonds. The molecule has 0 bridgehead atoms. The molecule has 2 aliphatic heterocycles. The van der Waals surface area contributed by atoms with E-state index in [0.29, 0.717) is 25.3 Å². The highest BCUT2D eigenvalue weighted by atomic mass is 16.2. The minimum Gasteiger partial charge on any atom is -0.343 e. The standard InChI is InChI=1S/C18H26N4O2/c23-17-4-2-1-3-10-21(17)13-8-18(24)22-11-6-15(7-12-22)16-5-9-19-14-20-16/h5,9,14-15H,1-4,6-8,10-13H2. The summed E-state index contributed by atoms with van der Waals surface area (Å²) in [5.41, 5.74) is 1.08. The van der Waals surface area contributed by atoms with Gasteiger partial charge in [-0.3, -0.25) is 9.59 Å². The number of hydrogen-bond acceptors (Lipinski definition) is 4. The summed E-state index contributed by atoms with van der Waals surface area (Å²) in [6.45, 7) is 2.94.